The van der Waals surface area contributed by atoms with Crippen molar-refractivity contribution >= 4 is 35.5 Å². The van der Waals surface area contributed by atoms with Gasteiger partial charge >= 0.3 is 11.9 Å². The predicted molar refractivity (Wildman–Crippen MR) is 142 cm³/mol. The number of nitrogens with one attached hydrogen (secondary N) is 3. The second-order valence-electron chi connectivity index (χ2n) is 9.19. The molecule has 0 radical (unpaired) electrons. The van der Waals surface area contributed by atoms with Crippen LogP contribution in [0.3, 0.4) is 0 Å². The Morgan fingerprint density at radius 2 is 1.82 bits per heavy atom. The molecule has 3 rings (SSSR count). The summed E-state index contributed by atoms with van der Waals surface area (Å²) >= 11 is 0. The zero-order valence-corrected chi connectivity index (χ0v) is 22.4. The van der Waals surface area contributed by atoms with Gasteiger partial charge in [-0.05, 0) is 63.1 Å². The van der Waals surface area contributed by atoms with Crippen LogP contribution in [0.25, 0.3) is 0 Å². The number of hydrogen-bond donors (Lipinski definition) is 4. The topological polar surface area (TPSA) is 169 Å². The average Bonchev–Trinajstić information content (AvgIpc) is 2.90. The molecule has 39 heavy (non-hydrogen) atoms. The van der Waals surface area contributed by atoms with Crippen molar-refractivity contribution in [3.05, 3.63) is 41.0 Å². The van der Waals surface area contributed by atoms with Crippen LogP contribution in [0.5, 0.6) is 5.88 Å². The summed E-state index contributed by atoms with van der Waals surface area (Å²) in [4.78, 5) is 56.2. The van der Waals surface area contributed by atoms with E-state index in [-0.39, 0.29) is 49.7 Å². The van der Waals surface area contributed by atoms with Gasteiger partial charge in [-0.3, -0.25) is 19.7 Å². The van der Waals surface area contributed by atoms with E-state index in [1.165, 1.54) is 6.92 Å². The van der Waals surface area contributed by atoms with Crippen molar-refractivity contribution in [3.63, 3.8) is 0 Å². The number of carbonyl (C=O) groups is 4. The Labute approximate surface area is 226 Å². The summed E-state index contributed by atoms with van der Waals surface area (Å²) in [7, 11) is 0. The van der Waals surface area contributed by atoms with Gasteiger partial charge in [-0.2, -0.15) is 9.97 Å². The molecule has 1 unspecified atom stereocenters. The van der Waals surface area contributed by atoms with Crippen molar-refractivity contribution < 1.29 is 33.8 Å². The highest BCUT2D eigenvalue weighted by molar-refractivity contribution is 5.97. The van der Waals surface area contributed by atoms with Crippen molar-refractivity contribution in [1.29, 1.82) is 0 Å². The standard InChI is InChI=1S/C27H35N5O7/c1-4-38-22(34)13-12-21(26(37)39-5-2)30-24(35)19-10-8-17(9-11-19)6-7-18-14-20-23(28-15-18)31-27(29-16(3)33)32-25(20)36/h8-11,18,21H,4-7,12-15H2,1-3H3,(H,30,35)(H3,28,29,31,32,33,36)/t18?,21-/m0/s1. The molecule has 0 fully saturated rings. The van der Waals surface area contributed by atoms with Crippen LogP contribution in [-0.2, 0) is 36.7 Å². The maximum absolute atomic E-state index is 12.8. The number of fused-ring (bicyclic) bond motifs is 1. The minimum atomic E-state index is -0.960. The molecule has 2 amide bonds. The molecule has 1 aromatic carbocycles. The molecule has 2 heterocycles. The van der Waals surface area contributed by atoms with Crippen LogP contribution < -0.4 is 16.0 Å². The number of esters is 2. The molecule has 1 aliphatic rings. The van der Waals surface area contributed by atoms with Gasteiger partial charge in [0.1, 0.15) is 11.9 Å². The van der Waals surface area contributed by atoms with Gasteiger partial charge in [0.15, 0.2) is 0 Å². The molecular formula is C27H35N5O7. The van der Waals surface area contributed by atoms with E-state index < -0.39 is 23.9 Å². The molecule has 0 saturated carbocycles. The first-order chi connectivity index (χ1) is 18.7. The van der Waals surface area contributed by atoms with Crippen molar-refractivity contribution in [1.82, 2.24) is 15.3 Å². The van der Waals surface area contributed by atoms with E-state index in [1.54, 1.807) is 26.0 Å². The summed E-state index contributed by atoms with van der Waals surface area (Å²) in [6.07, 6.45) is 2.23. The summed E-state index contributed by atoms with van der Waals surface area (Å²) in [5.74, 6) is -1.16. The number of aromatic nitrogens is 2. The molecule has 2 atom stereocenters. The Balaban J connectivity index is 1.54. The summed E-state index contributed by atoms with van der Waals surface area (Å²) < 4.78 is 9.94. The lowest BCUT2D eigenvalue weighted by molar-refractivity contribution is -0.146. The monoisotopic (exact) mass is 541 g/mol. The molecule has 12 heteroatoms. The number of carbonyl (C=O) groups excluding carboxylic acids is 4. The van der Waals surface area contributed by atoms with Crippen LogP contribution in [0, 0.1) is 5.92 Å². The maximum atomic E-state index is 12.8. The minimum absolute atomic E-state index is 0.0165. The molecule has 0 aliphatic carbocycles. The minimum Gasteiger partial charge on any atom is -0.493 e. The zero-order chi connectivity index (χ0) is 28.4. The Hall–Kier alpha value is -4.22. The lowest BCUT2D eigenvalue weighted by Gasteiger charge is -2.26. The molecule has 0 bridgehead atoms. The van der Waals surface area contributed by atoms with E-state index in [9.17, 15) is 24.3 Å². The first-order valence-corrected chi connectivity index (χ1v) is 13.0. The van der Waals surface area contributed by atoms with Gasteiger partial charge in [0.05, 0.1) is 18.8 Å². The van der Waals surface area contributed by atoms with Gasteiger partial charge in [-0.25, -0.2) is 4.79 Å². The molecule has 210 valence electrons. The Morgan fingerprint density at radius 1 is 1.10 bits per heavy atom. The first-order valence-electron chi connectivity index (χ1n) is 13.0. The van der Waals surface area contributed by atoms with Crippen molar-refractivity contribution in [2.24, 2.45) is 5.92 Å². The molecule has 2 aromatic rings. The lowest BCUT2D eigenvalue weighted by Crippen LogP contribution is -2.42. The van der Waals surface area contributed by atoms with Gasteiger partial charge < -0.3 is 25.2 Å². The zero-order valence-electron chi connectivity index (χ0n) is 22.4. The number of amides is 2. The summed E-state index contributed by atoms with van der Waals surface area (Å²) in [6.45, 7) is 5.77. The SMILES string of the molecule is CCOC(=O)CC[C@H](NC(=O)c1ccc(CCC2CNc3nc(NC(C)=O)nc(O)c3C2)cc1)C(=O)OCC. The summed E-state index contributed by atoms with van der Waals surface area (Å²) in [5, 5.41) is 18.7. The number of benzene rings is 1. The van der Waals surface area contributed by atoms with Gasteiger partial charge in [0, 0.05) is 25.5 Å². The van der Waals surface area contributed by atoms with Gasteiger partial charge in [-0.1, -0.05) is 12.1 Å². The van der Waals surface area contributed by atoms with Gasteiger partial charge in [-0.15, -0.1) is 0 Å². The molecule has 0 saturated heterocycles. The number of aryl methyl sites for hydroxylation is 1. The molecule has 1 aromatic heterocycles. The second-order valence-corrected chi connectivity index (χ2v) is 9.19. The number of aromatic hydroxyl groups is 1. The third-order valence-electron chi connectivity index (χ3n) is 6.20. The normalized spacial score (nSPS) is 14.8. The fourth-order valence-electron chi connectivity index (χ4n) is 4.25. The third kappa shape index (κ3) is 8.66. The van der Waals surface area contributed by atoms with Crippen LogP contribution in [0.1, 0.15) is 61.5 Å². The van der Waals surface area contributed by atoms with Gasteiger partial charge in [0.25, 0.3) is 5.91 Å². The predicted octanol–water partition coefficient (Wildman–Crippen LogP) is 2.36. The van der Waals surface area contributed by atoms with Crippen LogP contribution in [-0.4, -0.2) is 64.6 Å². The average molecular weight is 542 g/mol. The second kappa shape index (κ2) is 14.1. The van der Waals surface area contributed by atoms with E-state index in [0.29, 0.717) is 29.9 Å². The number of nitrogens with zero attached hydrogens (tertiary/aromatic N) is 2. The lowest BCUT2D eigenvalue weighted by atomic mass is 9.90. The number of rotatable bonds is 12. The Bertz CT molecular complexity index is 1190. The smallest absolute Gasteiger partial charge is 0.328 e. The van der Waals surface area contributed by atoms with Crippen LogP contribution in [0.15, 0.2) is 24.3 Å². The number of hydrogen-bond acceptors (Lipinski definition) is 10. The maximum Gasteiger partial charge on any atom is 0.328 e. The van der Waals surface area contributed by atoms with E-state index >= 15 is 0 Å². The fraction of sp³-hybridized carbons (Fsp3) is 0.481. The largest absolute Gasteiger partial charge is 0.493 e. The number of ether oxygens (including phenoxy) is 2. The van der Waals surface area contributed by atoms with Crippen LogP contribution in [0.2, 0.25) is 0 Å². The highest BCUT2D eigenvalue weighted by Crippen LogP contribution is 2.32. The molecule has 4 N–H and O–H groups in total. The highest BCUT2D eigenvalue weighted by atomic mass is 16.5. The fourth-order valence-corrected chi connectivity index (χ4v) is 4.25. The molecule has 1 aliphatic heterocycles. The van der Waals surface area contributed by atoms with Crippen molar-refractivity contribution in [2.75, 3.05) is 30.4 Å². The van der Waals surface area contributed by atoms with E-state index in [0.717, 1.165) is 18.4 Å². The third-order valence-corrected chi connectivity index (χ3v) is 6.20. The summed E-state index contributed by atoms with van der Waals surface area (Å²) in [6, 6.07) is 6.14. The van der Waals surface area contributed by atoms with E-state index in [2.05, 4.69) is 25.9 Å². The Kier molecular flexibility index (Phi) is 10.6. The quantitative estimate of drug-likeness (QED) is 0.293. The van der Waals surface area contributed by atoms with E-state index in [4.69, 9.17) is 9.47 Å². The molecule has 0 spiro atoms. The van der Waals surface area contributed by atoms with Crippen molar-refractivity contribution in [2.45, 2.75) is 58.9 Å². The Morgan fingerprint density at radius 3 is 2.49 bits per heavy atom. The highest BCUT2D eigenvalue weighted by Gasteiger charge is 2.25. The molecular weight excluding hydrogens is 506 g/mol. The van der Waals surface area contributed by atoms with Gasteiger partial charge in [0.2, 0.25) is 17.7 Å². The first kappa shape index (κ1) is 29.3. The van der Waals surface area contributed by atoms with Crippen LogP contribution >= 0.6 is 0 Å². The van der Waals surface area contributed by atoms with Crippen molar-refractivity contribution in [3.8, 4) is 5.88 Å². The summed E-state index contributed by atoms with van der Waals surface area (Å²) in [5.41, 5.74) is 2.03. The molecule has 12 nitrogen and oxygen atoms in total. The number of anilines is 2. The van der Waals surface area contributed by atoms with Crippen LogP contribution in [0.4, 0.5) is 11.8 Å². The van der Waals surface area contributed by atoms with E-state index in [1.807, 2.05) is 12.1 Å².